The number of rotatable bonds is 3. The molecule has 6 rings (SSSR count). The van der Waals surface area contributed by atoms with Gasteiger partial charge in [0.05, 0.1) is 20.9 Å². The lowest BCUT2D eigenvalue weighted by Gasteiger charge is -2.18. The molecule has 0 aliphatic rings. The van der Waals surface area contributed by atoms with Crippen LogP contribution in [0.3, 0.4) is 0 Å². The van der Waals surface area contributed by atoms with E-state index < -0.39 is 0 Å². The smallest absolute Gasteiger partial charge is 0.266 e. The zero-order valence-corrected chi connectivity index (χ0v) is 25.7. The van der Waals surface area contributed by atoms with Crippen molar-refractivity contribution >= 4 is 121 Å². The SMILES string of the molecule is CC(I)Cc1cccc(I)c1-n1c(=O)c2cc(Br)c3oc4ccccc4c4c(Br)cc(c1=O)c2c34. The highest BCUT2D eigenvalue weighted by Gasteiger charge is 2.25. The van der Waals surface area contributed by atoms with Gasteiger partial charge in [-0.2, -0.15) is 0 Å². The average Bonchev–Trinajstić information content (AvgIpc) is 2.82. The van der Waals surface area contributed by atoms with Crippen LogP contribution in [0.25, 0.3) is 49.2 Å². The first-order valence-electron chi connectivity index (χ1n) is 10.8. The zero-order valence-electron chi connectivity index (χ0n) is 18.2. The second-order valence-electron chi connectivity index (χ2n) is 8.54. The molecule has 0 fully saturated rings. The number of pyridine rings is 1. The quantitative estimate of drug-likeness (QED) is 0.0782. The Balaban J connectivity index is 1.87. The van der Waals surface area contributed by atoms with Crippen molar-refractivity contribution in [2.45, 2.75) is 17.3 Å². The van der Waals surface area contributed by atoms with Crippen molar-refractivity contribution in [2.24, 2.45) is 0 Å². The molecule has 0 aliphatic carbocycles. The summed E-state index contributed by atoms with van der Waals surface area (Å²) in [4.78, 5) is 28.1. The number of nitrogens with zero attached hydrogens (tertiary/aromatic N) is 1. The number of hydrogen-bond acceptors (Lipinski definition) is 3. The van der Waals surface area contributed by atoms with Crippen molar-refractivity contribution < 1.29 is 4.42 Å². The van der Waals surface area contributed by atoms with E-state index in [1.807, 2.05) is 48.5 Å². The summed E-state index contributed by atoms with van der Waals surface area (Å²) in [7, 11) is 0. The van der Waals surface area contributed by atoms with E-state index in [9.17, 15) is 9.59 Å². The average molecular weight is 815 g/mol. The predicted molar refractivity (Wildman–Crippen MR) is 167 cm³/mol. The van der Waals surface area contributed by atoms with E-state index in [4.69, 9.17) is 4.42 Å². The van der Waals surface area contributed by atoms with Gasteiger partial charge in [-0.25, -0.2) is 4.57 Å². The highest BCUT2D eigenvalue weighted by atomic mass is 127. The summed E-state index contributed by atoms with van der Waals surface area (Å²) in [5.41, 5.74) is 2.34. The molecule has 0 N–H and O–H groups in total. The predicted octanol–water partition coefficient (Wildman–Crippen LogP) is 8.34. The summed E-state index contributed by atoms with van der Waals surface area (Å²) in [6, 6.07) is 17.3. The van der Waals surface area contributed by atoms with Crippen molar-refractivity contribution in [1.82, 2.24) is 4.57 Å². The van der Waals surface area contributed by atoms with Crippen LogP contribution in [-0.4, -0.2) is 8.49 Å². The fraction of sp³-hybridized carbons (Fsp3) is 0.111. The molecule has 0 saturated heterocycles. The Labute approximate surface area is 243 Å². The van der Waals surface area contributed by atoms with Crippen LogP contribution >= 0.6 is 77.0 Å². The summed E-state index contributed by atoms with van der Waals surface area (Å²) >= 11 is 12.0. The molecule has 0 aliphatic heterocycles. The molecule has 4 aromatic carbocycles. The van der Waals surface area contributed by atoms with E-state index in [2.05, 4.69) is 84.0 Å². The largest absolute Gasteiger partial charge is 0.455 e. The van der Waals surface area contributed by atoms with Gasteiger partial charge >= 0.3 is 0 Å². The molecule has 1 unspecified atom stereocenters. The van der Waals surface area contributed by atoms with Gasteiger partial charge < -0.3 is 4.42 Å². The second kappa shape index (κ2) is 8.81. The van der Waals surface area contributed by atoms with Crippen LogP contribution in [0.15, 0.2) is 77.5 Å². The molecule has 0 bridgehead atoms. The van der Waals surface area contributed by atoms with Crippen molar-refractivity contribution in [3.63, 3.8) is 0 Å². The molecule has 6 aromatic rings. The first-order chi connectivity index (χ1) is 16.8. The van der Waals surface area contributed by atoms with Gasteiger partial charge in [0, 0.05) is 33.5 Å². The lowest BCUT2D eigenvalue weighted by Crippen LogP contribution is -2.33. The summed E-state index contributed by atoms with van der Waals surface area (Å²) in [6.45, 7) is 2.12. The molecule has 4 nitrogen and oxygen atoms in total. The molecule has 174 valence electrons. The molecule has 0 amide bonds. The Hall–Kier alpha value is -1.50. The highest BCUT2D eigenvalue weighted by molar-refractivity contribution is 14.1. The monoisotopic (exact) mass is 813 g/mol. The van der Waals surface area contributed by atoms with Gasteiger partial charge in [-0.1, -0.05) is 75.8 Å². The van der Waals surface area contributed by atoms with E-state index in [0.717, 1.165) is 41.8 Å². The fourth-order valence-electron chi connectivity index (χ4n) is 4.93. The number of aromatic nitrogens is 1. The van der Waals surface area contributed by atoms with Crippen LogP contribution in [0.1, 0.15) is 12.5 Å². The summed E-state index contributed by atoms with van der Waals surface area (Å²) in [5, 5.41) is 4.20. The first-order valence-corrected chi connectivity index (χ1v) is 14.7. The van der Waals surface area contributed by atoms with Crippen LogP contribution in [0.4, 0.5) is 0 Å². The summed E-state index contributed by atoms with van der Waals surface area (Å²) in [5.74, 6) is 0. The van der Waals surface area contributed by atoms with Crippen molar-refractivity contribution in [3.8, 4) is 5.69 Å². The molecule has 0 saturated carbocycles. The van der Waals surface area contributed by atoms with Crippen molar-refractivity contribution in [3.05, 3.63) is 93.4 Å². The van der Waals surface area contributed by atoms with Crippen LogP contribution < -0.4 is 11.1 Å². The second-order valence-corrected chi connectivity index (χ2v) is 13.5. The molecular formula is C27H15Br2I2NO3. The Kier molecular flexibility index (Phi) is 6.01. The van der Waals surface area contributed by atoms with Crippen LogP contribution in [-0.2, 0) is 6.42 Å². The van der Waals surface area contributed by atoms with Crippen LogP contribution in [0.5, 0.6) is 0 Å². The topological polar surface area (TPSA) is 52.2 Å². The maximum atomic E-state index is 14.0. The van der Waals surface area contributed by atoms with E-state index in [-0.39, 0.29) is 11.1 Å². The molecule has 0 spiro atoms. The van der Waals surface area contributed by atoms with Gasteiger partial charge in [-0.3, -0.25) is 9.59 Å². The fourth-order valence-corrected chi connectivity index (χ4v) is 7.35. The molecule has 2 heterocycles. The van der Waals surface area contributed by atoms with Gasteiger partial charge in [-0.05, 0) is 74.8 Å². The molecule has 2 aromatic heterocycles. The minimum absolute atomic E-state index is 0.326. The number of alkyl halides is 1. The van der Waals surface area contributed by atoms with Gasteiger partial charge in [0.2, 0.25) is 0 Å². The van der Waals surface area contributed by atoms with Crippen LogP contribution in [0, 0.1) is 3.57 Å². The van der Waals surface area contributed by atoms with Gasteiger partial charge in [0.25, 0.3) is 11.1 Å². The third-order valence-corrected chi connectivity index (χ3v) is 8.82. The van der Waals surface area contributed by atoms with Crippen LogP contribution in [0.2, 0.25) is 0 Å². The Morgan fingerprint density at radius 3 is 2.29 bits per heavy atom. The number of hydrogen-bond donors (Lipinski definition) is 0. The zero-order chi connectivity index (χ0) is 24.6. The molecule has 8 heteroatoms. The highest BCUT2D eigenvalue weighted by Crippen LogP contribution is 2.43. The summed E-state index contributed by atoms with van der Waals surface area (Å²) in [6.07, 6.45) is 0.752. The molecule has 0 radical (unpaired) electrons. The number of benzene rings is 4. The minimum Gasteiger partial charge on any atom is -0.455 e. The Morgan fingerprint density at radius 2 is 1.57 bits per heavy atom. The lowest BCUT2D eigenvalue weighted by atomic mass is 9.96. The standard InChI is InChI=1S/C27H15Br2I2NO3/c1-12(30)9-13-5-4-7-19(31)24(13)32-26(33)15-10-17(28)22-14-6-2-3-8-20(14)35-25-18(29)11-16(27(32)34)21(15)23(22)25/h2-8,10-12H,9H2,1H3. The van der Waals surface area contributed by atoms with Crippen molar-refractivity contribution in [2.75, 3.05) is 0 Å². The molecule has 35 heavy (non-hydrogen) atoms. The van der Waals surface area contributed by atoms with E-state index in [1.165, 1.54) is 4.57 Å². The van der Waals surface area contributed by atoms with Gasteiger partial charge in [-0.15, -0.1) is 0 Å². The Bertz CT molecular complexity index is 1910. The van der Waals surface area contributed by atoms with Crippen molar-refractivity contribution in [1.29, 1.82) is 0 Å². The number of para-hydroxylation sites is 2. The maximum absolute atomic E-state index is 14.0. The van der Waals surface area contributed by atoms with E-state index in [1.54, 1.807) is 6.07 Å². The normalized spacial score (nSPS) is 12.9. The minimum atomic E-state index is -0.326. The lowest BCUT2D eigenvalue weighted by molar-refractivity contribution is 0.660. The van der Waals surface area contributed by atoms with E-state index in [0.29, 0.717) is 35.8 Å². The molecular weight excluding hydrogens is 800 g/mol. The summed E-state index contributed by atoms with van der Waals surface area (Å²) < 4.78 is 10.3. The third-order valence-electron chi connectivity index (χ3n) is 6.29. The Morgan fingerprint density at radius 1 is 0.886 bits per heavy atom. The first kappa shape index (κ1) is 23.9. The van der Waals surface area contributed by atoms with Gasteiger partial charge in [0.1, 0.15) is 11.2 Å². The molecule has 1 atom stereocenters. The van der Waals surface area contributed by atoms with Gasteiger partial charge in [0.15, 0.2) is 0 Å². The number of fused-ring (bicyclic) bond motifs is 2. The maximum Gasteiger partial charge on any atom is 0.266 e. The third kappa shape index (κ3) is 3.61. The van der Waals surface area contributed by atoms with E-state index >= 15 is 0 Å². The number of halogens is 4.